The number of nitrogens with zero attached hydrogens (tertiary/aromatic N) is 3. The Balaban J connectivity index is 0.00000200. The smallest absolute Gasteiger partial charge is 0.356 e. The van der Waals surface area contributed by atoms with Crippen LogP contribution >= 0.6 is 24.0 Å². The Morgan fingerprint density at radius 3 is 2.65 bits per heavy atom. The fraction of sp³-hybridized carbons (Fsp3) is 0.308. The number of carboxylic acid groups (broad SMARTS) is 1. The topological polar surface area (TPSA) is 77.3 Å². The number of rotatable bonds is 3. The molecule has 1 aliphatic heterocycles. The zero-order chi connectivity index (χ0) is 13.7. The molecule has 108 valence electrons. The summed E-state index contributed by atoms with van der Waals surface area (Å²) in [7, 11) is 1.68. The number of guanidine groups is 1. The van der Waals surface area contributed by atoms with Crippen molar-refractivity contribution >= 4 is 41.6 Å². The van der Waals surface area contributed by atoms with Crippen LogP contribution in [0.25, 0.3) is 0 Å². The summed E-state index contributed by atoms with van der Waals surface area (Å²) >= 11 is 0. The van der Waals surface area contributed by atoms with Gasteiger partial charge < -0.3 is 10.4 Å². The zero-order valence-corrected chi connectivity index (χ0v) is 13.4. The standard InChI is InChI=1S/C13H16N4O2.HI/c1-17(13-14-8-5-9-15-13)16-11(12(18)19)10-6-3-2-4-7-10;/h2-4,6-7H,5,8-9H2,1H3,(H,14,15)(H,18,19);1H/b16-11-;. The molecule has 0 bridgehead atoms. The first-order valence-electron chi connectivity index (χ1n) is 6.08. The van der Waals surface area contributed by atoms with E-state index in [1.54, 1.807) is 31.3 Å². The molecule has 1 aromatic carbocycles. The molecule has 0 saturated carbocycles. The molecule has 0 spiro atoms. The van der Waals surface area contributed by atoms with Gasteiger partial charge in [0.15, 0.2) is 5.71 Å². The fourth-order valence-electron chi connectivity index (χ4n) is 1.75. The van der Waals surface area contributed by atoms with Crippen molar-refractivity contribution in [2.24, 2.45) is 10.1 Å². The van der Waals surface area contributed by atoms with Gasteiger partial charge in [-0.05, 0) is 6.42 Å². The molecule has 1 aromatic rings. The lowest BCUT2D eigenvalue weighted by Gasteiger charge is -2.21. The van der Waals surface area contributed by atoms with Crippen molar-refractivity contribution in [3.63, 3.8) is 0 Å². The van der Waals surface area contributed by atoms with Gasteiger partial charge in [-0.25, -0.2) is 9.80 Å². The number of hydrogen-bond acceptors (Lipinski definition) is 5. The first-order chi connectivity index (χ1) is 9.18. The maximum Gasteiger partial charge on any atom is 0.356 e. The molecule has 0 aromatic heterocycles. The molecule has 2 rings (SSSR count). The Kier molecular flexibility index (Phi) is 6.43. The number of carbonyl (C=O) groups is 1. The predicted octanol–water partition coefficient (Wildman–Crippen LogP) is 1.37. The van der Waals surface area contributed by atoms with Crippen LogP contribution in [0.5, 0.6) is 0 Å². The van der Waals surface area contributed by atoms with Crippen LogP contribution in [-0.2, 0) is 4.79 Å². The summed E-state index contributed by atoms with van der Waals surface area (Å²) in [5.74, 6) is -0.463. The van der Waals surface area contributed by atoms with Crippen molar-refractivity contribution in [2.45, 2.75) is 6.42 Å². The van der Waals surface area contributed by atoms with Gasteiger partial charge in [0.2, 0.25) is 5.96 Å². The second kappa shape index (κ2) is 7.83. The number of carboxylic acids is 1. The van der Waals surface area contributed by atoms with Crippen molar-refractivity contribution in [1.82, 2.24) is 10.3 Å². The molecule has 6 nitrogen and oxygen atoms in total. The number of hydrazone groups is 1. The van der Waals surface area contributed by atoms with Gasteiger partial charge in [-0.15, -0.1) is 24.0 Å². The van der Waals surface area contributed by atoms with E-state index in [0.29, 0.717) is 11.5 Å². The first-order valence-corrected chi connectivity index (χ1v) is 6.08. The maximum absolute atomic E-state index is 11.3. The number of aliphatic carboxylic acids is 1. The maximum atomic E-state index is 11.3. The summed E-state index contributed by atoms with van der Waals surface area (Å²) in [5.41, 5.74) is 0.566. The van der Waals surface area contributed by atoms with Gasteiger partial charge in [-0.1, -0.05) is 30.3 Å². The van der Waals surface area contributed by atoms with E-state index < -0.39 is 5.97 Å². The van der Waals surface area contributed by atoms with E-state index in [1.165, 1.54) is 5.01 Å². The minimum Gasteiger partial charge on any atom is -0.476 e. The highest BCUT2D eigenvalue weighted by molar-refractivity contribution is 14.0. The predicted molar refractivity (Wildman–Crippen MR) is 88.7 cm³/mol. The lowest BCUT2D eigenvalue weighted by atomic mass is 10.1. The summed E-state index contributed by atoms with van der Waals surface area (Å²) in [6.07, 6.45) is 0.978. The third-order valence-corrected chi connectivity index (χ3v) is 2.69. The average Bonchev–Trinajstić information content (AvgIpc) is 2.46. The van der Waals surface area contributed by atoms with E-state index in [-0.39, 0.29) is 29.7 Å². The quantitative estimate of drug-likeness (QED) is 0.466. The fourth-order valence-corrected chi connectivity index (χ4v) is 1.75. The van der Waals surface area contributed by atoms with Crippen LogP contribution in [-0.4, -0.2) is 47.9 Å². The highest BCUT2D eigenvalue weighted by atomic mass is 127. The van der Waals surface area contributed by atoms with Crippen LogP contribution in [0.2, 0.25) is 0 Å². The number of benzene rings is 1. The third-order valence-electron chi connectivity index (χ3n) is 2.69. The molecular formula is C13H17IN4O2. The van der Waals surface area contributed by atoms with E-state index >= 15 is 0 Å². The van der Waals surface area contributed by atoms with Gasteiger partial charge in [0.1, 0.15) is 0 Å². The minimum atomic E-state index is -1.06. The average molecular weight is 388 g/mol. The van der Waals surface area contributed by atoms with Gasteiger partial charge in [0.25, 0.3) is 0 Å². The highest BCUT2D eigenvalue weighted by Crippen LogP contribution is 2.04. The Morgan fingerprint density at radius 1 is 1.40 bits per heavy atom. The summed E-state index contributed by atoms with van der Waals surface area (Å²) in [6.45, 7) is 1.56. The van der Waals surface area contributed by atoms with Gasteiger partial charge >= 0.3 is 5.97 Å². The third kappa shape index (κ3) is 4.19. The van der Waals surface area contributed by atoms with E-state index in [9.17, 15) is 9.90 Å². The van der Waals surface area contributed by atoms with Crippen LogP contribution in [0.15, 0.2) is 40.4 Å². The largest absolute Gasteiger partial charge is 0.476 e. The highest BCUT2D eigenvalue weighted by Gasteiger charge is 2.16. The molecular weight excluding hydrogens is 371 g/mol. The van der Waals surface area contributed by atoms with Crippen LogP contribution in [0.4, 0.5) is 0 Å². The minimum absolute atomic E-state index is 0. The Morgan fingerprint density at radius 2 is 2.10 bits per heavy atom. The zero-order valence-electron chi connectivity index (χ0n) is 11.1. The van der Waals surface area contributed by atoms with Crippen LogP contribution < -0.4 is 5.32 Å². The molecule has 7 heteroatoms. The van der Waals surface area contributed by atoms with Gasteiger partial charge in [-0.2, -0.15) is 5.10 Å². The van der Waals surface area contributed by atoms with E-state index in [2.05, 4.69) is 15.4 Å². The molecule has 0 atom stereocenters. The molecule has 0 unspecified atom stereocenters. The molecule has 0 radical (unpaired) electrons. The van der Waals surface area contributed by atoms with Crippen LogP contribution in [0, 0.1) is 0 Å². The van der Waals surface area contributed by atoms with E-state index in [4.69, 9.17) is 0 Å². The number of aliphatic imine (C=N–C) groups is 1. The molecule has 2 N–H and O–H groups in total. The Bertz CT molecular complexity index is 516. The number of nitrogens with one attached hydrogen (secondary N) is 1. The Labute approximate surface area is 134 Å². The lowest BCUT2D eigenvalue weighted by Crippen LogP contribution is -2.40. The molecule has 0 saturated heterocycles. The van der Waals surface area contributed by atoms with E-state index in [0.717, 1.165) is 19.5 Å². The molecule has 0 amide bonds. The van der Waals surface area contributed by atoms with Crippen molar-refractivity contribution in [3.8, 4) is 0 Å². The van der Waals surface area contributed by atoms with Crippen molar-refractivity contribution < 1.29 is 9.90 Å². The Hall–Kier alpha value is -1.64. The van der Waals surface area contributed by atoms with Crippen LogP contribution in [0.3, 0.4) is 0 Å². The monoisotopic (exact) mass is 388 g/mol. The van der Waals surface area contributed by atoms with Crippen molar-refractivity contribution in [2.75, 3.05) is 20.1 Å². The first kappa shape index (κ1) is 16.4. The second-order valence-corrected chi connectivity index (χ2v) is 4.13. The molecule has 20 heavy (non-hydrogen) atoms. The molecule has 0 aliphatic carbocycles. The summed E-state index contributed by atoms with van der Waals surface area (Å²) in [4.78, 5) is 15.6. The molecule has 1 aliphatic rings. The molecule has 0 fully saturated rings. The number of hydrogen-bond donors (Lipinski definition) is 2. The lowest BCUT2D eigenvalue weighted by molar-refractivity contribution is -0.129. The van der Waals surface area contributed by atoms with E-state index in [1.807, 2.05) is 6.07 Å². The van der Waals surface area contributed by atoms with Gasteiger partial charge in [0, 0.05) is 25.7 Å². The van der Waals surface area contributed by atoms with Gasteiger partial charge in [0.05, 0.1) is 0 Å². The number of halogens is 1. The normalized spacial score (nSPS) is 14.7. The second-order valence-electron chi connectivity index (χ2n) is 4.13. The SMILES string of the molecule is CN(/N=C(\C(=O)O)c1ccccc1)C1=NCCCN1.I. The summed E-state index contributed by atoms with van der Waals surface area (Å²) in [6, 6.07) is 8.83. The summed E-state index contributed by atoms with van der Waals surface area (Å²) in [5, 5.41) is 17.9. The van der Waals surface area contributed by atoms with Crippen LogP contribution in [0.1, 0.15) is 12.0 Å². The van der Waals surface area contributed by atoms with Gasteiger partial charge in [-0.3, -0.25) is 4.99 Å². The van der Waals surface area contributed by atoms with Crippen molar-refractivity contribution in [1.29, 1.82) is 0 Å². The van der Waals surface area contributed by atoms with Crippen molar-refractivity contribution in [3.05, 3.63) is 35.9 Å². The molecule has 1 heterocycles. The summed E-state index contributed by atoms with van der Waals surface area (Å²) < 4.78 is 0.